The van der Waals surface area contributed by atoms with Gasteiger partial charge in [-0.15, -0.1) is 0 Å². The lowest BCUT2D eigenvalue weighted by atomic mass is 9.87. The molecule has 2 aliphatic rings. The van der Waals surface area contributed by atoms with Gasteiger partial charge in [0.25, 0.3) is 0 Å². The van der Waals surface area contributed by atoms with E-state index in [1.54, 1.807) is 0 Å². The molecule has 2 aliphatic heterocycles. The summed E-state index contributed by atoms with van der Waals surface area (Å²) in [5.74, 6) is 1.21. The second-order valence-corrected chi connectivity index (χ2v) is 6.36. The van der Waals surface area contributed by atoms with Crippen LogP contribution in [0.25, 0.3) is 0 Å². The fourth-order valence-electron chi connectivity index (χ4n) is 3.46. The Hall–Kier alpha value is -2.37. The maximum absolute atomic E-state index is 13.0. The SMILES string of the molecule is O=C(NCCN1CCOCC1)C1c2ccccc2Oc2ccccc21. The maximum Gasteiger partial charge on any atom is 0.232 e. The monoisotopic (exact) mass is 338 g/mol. The van der Waals surface area contributed by atoms with Gasteiger partial charge in [-0.25, -0.2) is 0 Å². The van der Waals surface area contributed by atoms with E-state index < -0.39 is 0 Å². The van der Waals surface area contributed by atoms with Crippen molar-refractivity contribution in [1.82, 2.24) is 10.2 Å². The summed E-state index contributed by atoms with van der Waals surface area (Å²) in [7, 11) is 0. The molecule has 0 radical (unpaired) electrons. The second kappa shape index (κ2) is 7.25. The van der Waals surface area contributed by atoms with Crippen LogP contribution in [0, 0.1) is 0 Å². The fourth-order valence-corrected chi connectivity index (χ4v) is 3.46. The van der Waals surface area contributed by atoms with Crippen LogP contribution in [0.5, 0.6) is 11.5 Å². The largest absolute Gasteiger partial charge is 0.457 e. The van der Waals surface area contributed by atoms with E-state index in [2.05, 4.69) is 10.2 Å². The number of carbonyl (C=O) groups is 1. The molecule has 0 atom stereocenters. The first-order valence-electron chi connectivity index (χ1n) is 8.76. The van der Waals surface area contributed by atoms with Gasteiger partial charge in [-0.3, -0.25) is 9.69 Å². The van der Waals surface area contributed by atoms with Gasteiger partial charge in [0.05, 0.1) is 19.1 Å². The highest BCUT2D eigenvalue weighted by Crippen LogP contribution is 2.43. The number of rotatable bonds is 4. The number of morpholine rings is 1. The lowest BCUT2D eigenvalue weighted by Crippen LogP contribution is -2.42. The highest BCUT2D eigenvalue weighted by Gasteiger charge is 2.32. The Labute approximate surface area is 147 Å². The number of hydrogen-bond donors (Lipinski definition) is 1. The standard InChI is InChI=1S/C20H22N2O3/c23-20(21-9-10-22-11-13-24-14-12-22)19-15-5-1-3-7-17(15)25-18-8-4-2-6-16(18)19/h1-8,19H,9-14H2,(H,21,23). The average molecular weight is 338 g/mol. The zero-order chi connectivity index (χ0) is 17.1. The Morgan fingerprint density at radius 2 is 1.60 bits per heavy atom. The average Bonchev–Trinajstić information content (AvgIpc) is 2.66. The van der Waals surface area contributed by atoms with E-state index in [0.29, 0.717) is 6.54 Å². The molecule has 0 saturated carbocycles. The van der Waals surface area contributed by atoms with Crippen LogP contribution < -0.4 is 10.1 Å². The van der Waals surface area contributed by atoms with Crippen molar-refractivity contribution < 1.29 is 14.3 Å². The van der Waals surface area contributed by atoms with Gasteiger partial charge >= 0.3 is 0 Å². The number of fused-ring (bicyclic) bond motifs is 2. The fraction of sp³-hybridized carbons (Fsp3) is 0.350. The molecule has 0 aromatic heterocycles. The molecule has 0 spiro atoms. The minimum Gasteiger partial charge on any atom is -0.457 e. The van der Waals surface area contributed by atoms with Gasteiger partial charge in [-0.05, 0) is 12.1 Å². The molecule has 1 saturated heterocycles. The maximum atomic E-state index is 13.0. The highest BCUT2D eigenvalue weighted by molar-refractivity contribution is 5.89. The van der Waals surface area contributed by atoms with E-state index >= 15 is 0 Å². The molecule has 1 fully saturated rings. The van der Waals surface area contributed by atoms with Gasteiger partial charge in [0.1, 0.15) is 11.5 Å². The van der Waals surface area contributed by atoms with Crippen molar-refractivity contribution in [1.29, 1.82) is 0 Å². The molecule has 2 heterocycles. The Bertz CT molecular complexity index is 711. The van der Waals surface area contributed by atoms with Crippen molar-refractivity contribution >= 4 is 5.91 Å². The summed E-state index contributed by atoms with van der Waals surface area (Å²) in [4.78, 5) is 15.3. The molecule has 5 heteroatoms. The molecule has 1 amide bonds. The van der Waals surface area contributed by atoms with Crippen LogP contribution in [0.3, 0.4) is 0 Å². The van der Waals surface area contributed by atoms with Gasteiger partial charge in [-0.1, -0.05) is 36.4 Å². The normalized spacial score (nSPS) is 17.3. The summed E-state index contributed by atoms with van der Waals surface area (Å²) in [6.07, 6.45) is 0. The summed E-state index contributed by atoms with van der Waals surface area (Å²) >= 11 is 0. The Morgan fingerprint density at radius 3 is 2.24 bits per heavy atom. The van der Waals surface area contributed by atoms with Crippen molar-refractivity contribution in [3.05, 3.63) is 59.7 Å². The predicted molar refractivity (Wildman–Crippen MR) is 95.1 cm³/mol. The summed E-state index contributed by atoms with van der Waals surface area (Å²) in [5, 5.41) is 3.10. The summed E-state index contributed by atoms with van der Waals surface area (Å²) in [6, 6.07) is 15.5. The molecule has 2 aromatic carbocycles. The zero-order valence-corrected chi connectivity index (χ0v) is 14.1. The van der Waals surface area contributed by atoms with E-state index in [4.69, 9.17) is 9.47 Å². The number of nitrogens with one attached hydrogen (secondary N) is 1. The molecule has 5 nitrogen and oxygen atoms in total. The minimum atomic E-state index is -0.328. The van der Waals surface area contributed by atoms with E-state index in [1.807, 2.05) is 48.5 Å². The molecule has 130 valence electrons. The topological polar surface area (TPSA) is 50.8 Å². The molecular formula is C20H22N2O3. The van der Waals surface area contributed by atoms with Crippen LogP contribution in [-0.4, -0.2) is 50.2 Å². The quantitative estimate of drug-likeness (QED) is 0.930. The first-order chi connectivity index (χ1) is 12.3. The number of ether oxygens (including phenoxy) is 2. The Morgan fingerprint density at radius 1 is 1.00 bits per heavy atom. The van der Waals surface area contributed by atoms with Crippen molar-refractivity contribution in [2.24, 2.45) is 0 Å². The highest BCUT2D eigenvalue weighted by atomic mass is 16.5. The second-order valence-electron chi connectivity index (χ2n) is 6.36. The van der Waals surface area contributed by atoms with Crippen molar-refractivity contribution in [2.45, 2.75) is 5.92 Å². The number of para-hydroxylation sites is 2. The van der Waals surface area contributed by atoms with Gasteiger partial charge in [0, 0.05) is 37.3 Å². The third-order valence-electron chi connectivity index (χ3n) is 4.77. The van der Waals surface area contributed by atoms with E-state index in [-0.39, 0.29) is 11.8 Å². The smallest absolute Gasteiger partial charge is 0.232 e. The third-order valence-corrected chi connectivity index (χ3v) is 4.77. The molecule has 2 aromatic rings. The molecular weight excluding hydrogens is 316 g/mol. The summed E-state index contributed by atoms with van der Waals surface area (Å²) in [6.45, 7) is 4.89. The van der Waals surface area contributed by atoms with Crippen molar-refractivity contribution in [3.63, 3.8) is 0 Å². The first kappa shape index (κ1) is 16.1. The van der Waals surface area contributed by atoms with Gasteiger partial charge in [0.15, 0.2) is 0 Å². The first-order valence-corrected chi connectivity index (χ1v) is 8.76. The molecule has 0 unspecified atom stereocenters. The minimum absolute atomic E-state index is 0.0245. The van der Waals surface area contributed by atoms with Crippen molar-refractivity contribution in [3.8, 4) is 11.5 Å². The van der Waals surface area contributed by atoms with E-state index in [0.717, 1.165) is 55.5 Å². The molecule has 0 bridgehead atoms. The van der Waals surface area contributed by atoms with Crippen LogP contribution >= 0.6 is 0 Å². The van der Waals surface area contributed by atoms with Crippen LogP contribution in [0.15, 0.2) is 48.5 Å². The molecule has 25 heavy (non-hydrogen) atoms. The van der Waals surface area contributed by atoms with E-state index in [1.165, 1.54) is 0 Å². The van der Waals surface area contributed by atoms with Crippen LogP contribution in [0.4, 0.5) is 0 Å². The zero-order valence-electron chi connectivity index (χ0n) is 14.1. The van der Waals surface area contributed by atoms with Gasteiger partial charge in [-0.2, -0.15) is 0 Å². The van der Waals surface area contributed by atoms with Crippen LogP contribution in [-0.2, 0) is 9.53 Å². The van der Waals surface area contributed by atoms with E-state index in [9.17, 15) is 4.79 Å². The number of benzene rings is 2. The third kappa shape index (κ3) is 3.38. The summed E-state index contributed by atoms with van der Waals surface area (Å²) in [5.41, 5.74) is 1.84. The lowest BCUT2D eigenvalue weighted by Gasteiger charge is -2.29. The summed E-state index contributed by atoms with van der Waals surface area (Å²) < 4.78 is 11.3. The molecule has 0 aliphatic carbocycles. The van der Waals surface area contributed by atoms with Crippen LogP contribution in [0.2, 0.25) is 0 Å². The predicted octanol–water partition coefficient (Wildman–Crippen LogP) is 2.37. The molecule has 1 N–H and O–H groups in total. The van der Waals surface area contributed by atoms with Gasteiger partial charge in [0.2, 0.25) is 5.91 Å². The Balaban J connectivity index is 1.49. The van der Waals surface area contributed by atoms with Gasteiger partial charge < -0.3 is 14.8 Å². The molecule has 4 rings (SSSR count). The number of nitrogens with zero attached hydrogens (tertiary/aromatic N) is 1. The number of amides is 1. The number of hydrogen-bond acceptors (Lipinski definition) is 4. The number of carbonyl (C=O) groups excluding carboxylic acids is 1. The lowest BCUT2D eigenvalue weighted by molar-refractivity contribution is -0.121. The Kier molecular flexibility index (Phi) is 4.68. The van der Waals surface area contributed by atoms with Crippen molar-refractivity contribution in [2.75, 3.05) is 39.4 Å². The van der Waals surface area contributed by atoms with Crippen LogP contribution in [0.1, 0.15) is 17.0 Å².